The lowest BCUT2D eigenvalue weighted by Gasteiger charge is -2.05. The summed E-state index contributed by atoms with van der Waals surface area (Å²) in [5.74, 6) is -1.45. The van der Waals surface area contributed by atoms with Crippen LogP contribution in [-0.2, 0) is 0 Å². The first kappa shape index (κ1) is 12.3. The molecule has 5 nitrogen and oxygen atoms in total. The van der Waals surface area contributed by atoms with E-state index in [-0.39, 0.29) is 11.4 Å². The van der Waals surface area contributed by atoms with Gasteiger partial charge in [-0.25, -0.2) is 13.9 Å². The van der Waals surface area contributed by atoms with Crippen LogP contribution in [0, 0.1) is 12.7 Å². The van der Waals surface area contributed by atoms with E-state index in [0.717, 1.165) is 0 Å². The van der Waals surface area contributed by atoms with Gasteiger partial charge in [-0.1, -0.05) is 17.3 Å². The molecular weight excluding hydrogens is 261 g/mol. The van der Waals surface area contributed by atoms with Crippen molar-refractivity contribution in [3.8, 4) is 5.69 Å². The zero-order valence-electron chi connectivity index (χ0n) is 10.5. The van der Waals surface area contributed by atoms with Gasteiger partial charge in [0.05, 0.1) is 11.3 Å². The molecule has 1 N–H and O–H groups in total. The normalized spacial score (nSPS) is 10.9. The molecule has 1 aromatic heterocycles. The standard InChI is InChI=1S/C14H10FN3O2/c1-8-5-6-9(7-11(8)15)18-13-10(14(19)20)3-2-4-12(13)16-17-18/h2-7H,1H3,(H,19,20). The molecule has 100 valence electrons. The van der Waals surface area contributed by atoms with Gasteiger partial charge in [0.2, 0.25) is 0 Å². The van der Waals surface area contributed by atoms with E-state index in [0.29, 0.717) is 22.3 Å². The van der Waals surface area contributed by atoms with Crippen molar-refractivity contribution in [3.05, 3.63) is 53.3 Å². The highest BCUT2D eigenvalue weighted by atomic mass is 19.1. The number of hydrogen-bond donors (Lipinski definition) is 1. The van der Waals surface area contributed by atoms with Gasteiger partial charge in [0.1, 0.15) is 16.9 Å². The number of fused-ring (bicyclic) bond motifs is 1. The fraction of sp³-hybridized carbons (Fsp3) is 0.0714. The predicted octanol–water partition coefficient (Wildman–Crippen LogP) is 2.57. The molecule has 0 radical (unpaired) electrons. The maximum Gasteiger partial charge on any atom is 0.337 e. The molecule has 2 aromatic carbocycles. The Morgan fingerprint density at radius 3 is 2.80 bits per heavy atom. The van der Waals surface area contributed by atoms with Crippen LogP contribution in [0.25, 0.3) is 16.7 Å². The van der Waals surface area contributed by atoms with E-state index in [2.05, 4.69) is 10.3 Å². The molecule has 0 aliphatic carbocycles. The summed E-state index contributed by atoms with van der Waals surface area (Å²) in [5.41, 5.74) is 1.82. The molecule has 0 amide bonds. The summed E-state index contributed by atoms with van der Waals surface area (Å²) >= 11 is 0. The van der Waals surface area contributed by atoms with E-state index < -0.39 is 5.97 Å². The van der Waals surface area contributed by atoms with Crippen LogP contribution in [0.5, 0.6) is 0 Å². The molecule has 0 aliphatic heterocycles. The molecule has 0 saturated heterocycles. The number of nitrogens with zero attached hydrogens (tertiary/aromatic N) is 3. The maximum atomic E-state index is 13.7. The number of aromatic nitrogens is 3. The van der Waals surface area contributed by atoms with E-state index in [4.69, 9.17) is 0 Å². The van der Waals surface area contributed by atoms with Gasteiger partial charge in [-0.05, 0) is 36.8 Å². The summed E-state index contributed by atoms with van der Waals surface area (Å²) in [6.45, 7) is 1.65. The first-order valence-electron chi connectivity index (χ1n) is 5.92. The van der Waals surface area contributed by atoms with Crippen molar-refractivity contribution < 1.29 is 14.3 Å². The number of aryl methyl sites for hydroxylation is 1. The lowest BCUT2D eigenvalue weighted by Crippen LogP contribution is -2.04. The Morgan fingerprint density at radius 1 is 1.30 bits per heavy atom. The Hall–Kier alpha value is -2.76. The minimum absolute atomic E-state index is 0.0773. The molecule has 0 saturated carbocycles. The Kier molecular flexibility index (Phi) is 2.71. The fourth-order valence-corrected chi connectivity index (χ4v) is 2.04. The van der Waals surface area contributed by atoms with Crippen molar-refractivity contribution in [1.82, 2.24) is 15.0 Å². The number of para-hydroxylation sites is 1. The van der Waals surface area contributed by atoms with Crippen LogP contribution in [0.15, 0.2) is 36.4 Å². The third-order valence-electron chi connectivity index (χ3n) is 3.10. The van der Waals surface area contributed by atoms with Crippen LogP contribution in [0.4, 0.5) is 4.39 Å². The van der Waals surface area contributed by atoms with Crippen LogP contribution in [0.2, 0.25) is 0 Å². The highest BCUT2D eigenvalue weighted by Gasteiger charge is 2.16. The first-order chi connectivity index (χ1) is 9.58. The molecule has 0 atom stereocenters. The highest BCUT2D eigenvalue weighted by molar-refractivity contribution is 6.01. The summed E-state index contributed by atoms with van der Waals surface area (Å²) in [4.78, 5) is 11.3. The van der Waals surface area contributed by atoms with Crippen LogP contribution in [0.3, 0.4) is 0 Å². The van der Waals surface area contributed by atoms with E-state index in [1.54, 1.807) is 31.2 Å². The van der Waals surface area contributed by atoms with Gasteiger partial charge in [0.15, 0.2) is 0 Å². The Morgan fingerprint density at radius 2 is 2.10 bits per heavy atom. The molecule has 3 rings (SSSR count). The number of halogens is 1. The SMILES string of the molecule is Cc1ccc(-n2nnc3cccc(C(=O)O)c32)cc1F. The summed E-state index contributed by atoms with van der Waals surface area (Å²) in [6, 6.07) is 9.32. The van der Waals surface area contributed by atoms with Gasteiger partial charge in [-0.15, -0.1) is 5.10 Å². The lowest BCUT2D eigenvalue weighted by molar-refractivity contribution is 0.0698. The second-order valence-corrected chi connectivity index (χ2v) is 4.41. The van der Waals surface area contributed by atoms with E-state index in [1.807, 2.05) is 0 Å². The van der Waals surface area contributed by atoms with Gasteiger partial charge >= 0.3 is 5.97 Å². The third-order valence-corrected chi connectivity index (χ3v) is 3.10. The first-order valence-corrected chi connectivity index (χ1v) is 5.92. The molecule has 3 aromatic rings. The Balaban J connectivity index is 2.31. The summed E-state index contributed by atoms with van der Waals surface area (Å²) in [6.07, 6.45) is 0. The molecule has 0 spiro atoms. The molecular formula is C14H10FN3O2. The molecule has 0 bridgehead atoms. The number of carboxylic acid groups (broad SMARTS) is 1. The molecule has 0 unspecified atom stereocenters. The van der Waals surface area contributed by atoms with Gasteiger partial charge < -0.3 is 5.11 Å². The number of aromatic carboxylic acids is 1. The molecule has 0 fully saturated rings. The van der Waals surface area contributed by atoms with Gasteiger partial charge in [-0.2, -0.15) is 0 Å². The molecule has 0 aliphatic rings. The van der Waals surface area contributed by atoms with Gasteiger partial charge in [-0.3, -0.25) is 0 Å². The third kappa shape index (κ3) is 1.82. The zero-order chi connectivity index (χ0) is 14.3. The van der Waals surface area contributed by atoms with Crippen LogP contribution >= 0.6 is 0 Å². The van der Waals surface area contributed by atoms with Crippen molar-refractivity contribution >= 4 is 17.0 Å². The average molecular weight is 271 g/mol. The van der Waals surface area contributed by atoms with Gasteiger partial charge in [0, 0.05) is 0 Å². The number of hydrogen-bond acceptors (Lipinski definition) is 3. The molecule has 20 heavy (non-hydrogen) atoms. The number of carboxylic acids is 1. The smallest absolute Gasteiger partial charge is 0.337 e. The van der Waals surface area contributed by atoms with Crippen LogP contribution in [-0.4, -0.2) is 26.1 Å². The van der Waals surface area contributed by atoms with Crippen LogP contribution < -0.4 is 0 Å². The minimum Gasteiger partial charge on any atom is -0.478 e. The summed E-state index contributed by atoms with van der Waals surface area (Å²) in [7, 11) is 0. The highest BCUT2D eigenvalue weighted by Crippen LogP contribution is 2.21. The van der Waals surface area contributed by atoms with E-state index in [1.165, 1.54) is 16.8 Å². The zero-order valence-corrected chi connectivity index (χ0v) is 10.5. The molecule has 1 heterocycles. The van der Waals surface area contributed by atoms with Crippen molar-refractivity contribution in [2.45, 2.75) is 6.92 Å². The fourth-order valence-electron chi connectivity index (χ4n) is 2.04. The minimum atomic E-state index is -1.08. The second kappa shape index (κ2) is 4.41. The monoisotopic (exact) mass is 271 g/mol. The largest absolute Gasteiger partial charge is 0.478 e. The second-order valence-electron chi connectivity index (χ2n) is 4.41. The van der Waals surface area contributed by atoms with Crippen molar-refractivity contribution in [1.29, 1.82) is 0 Å². The van der Waals surface area contributed by atoms with E-state index in [9.17, 15) is 14.3 Å². The topological polar surface area (TPSA) is 68.0 Å². The Labute approximate surface area is 113 Å². The van der Waals surface area contributed by atoms with Gasteiger partial charge in [0.25, 0.3) is 0 Å². The lowest BCUT2D eigenvalue weighted by atomic mass is 10.1. The summed E-state index contributed by atoms with van der Waals surface area (Å²) in [5, 5.41) is 17.1. The molecule has 6 heteroatoms. The van der Waals surface area contributed by atoms with E-state index >= 15 is 0 Å². The quantitative estimate of drug-likeness (QED) is 0.777. The number of carbonyl (C=O) groups is 1. The Bertz CT molecular complexity index is 826. The van der Waals surface area contributed by atoms with Crippen molar-refractivity contribution in [3.63, 3.8) is 0 Å². The van der Waals surface area contributed by atoms with Crippen LogP contribution in [0.1, 0.15) is 15.9 Å². The summed E-state index contributed by atoms with van der Waals surface area (Å²) < 4.78 is 15.0. The van der Waals surface area contributed by atoms with Crippen molar-refractivity contribution in [2.24, 2.45) is 0 Å². The maximum absolute atomic E-state index is 13.7. The number of rotatable bonds is 2. The average Bonchev–Trinajstić information content (AvgIpc) is 2.85. The predicted molar refractivity (Wildman–Crippen MR) is 70.5 cm³/mol. The van der Waals surface area contributed by atoms with Crippen molar-refractivity contribution in [2.75, 3.05) is 0 Å². The number of benzene rings is 2.